The van der Waals surface area contributed by atoms with Crippen molar-refractivity contribution in [1.82, 2.24) is 4.98 Å². The number of nitrogens with two attached hydrogens (primary N) is 1. The normalized spacial score (nSPS) is 19.3. The quantitative estimate of drug-likeness (QED) is 0.843. The molecular formula is C14H21N3O2. The van der Waals surface area contributed by atoms with Gasteiger partial charge in [0.2, 0.25) is 0 Å². The molecule has 104 valence electrons. The number of rotatable bonds is 3. The van der Waals surface area contributed by atoms with Gasteiger partial charge in [-0.15, -0.1) is 0 Å². The molecule has 1 aromatic heterocycles. The Morgan fingerprint density at radius 1 is 1.58 bits per heavy atom. The number of carbonyl (C=O) groups excluding carboxylic acids is 1. The fourth-order valence-electron chi connectivity index (χ4n) is 2.45. The number of anilines is 2. The largest absolute Gasteiger partial charge is 0.464 e. The molecule has 5 nitrogen and oxygen atoms in total. The number of hydrogen-bond donors (Lipinski definition) is 1. The zero-order valence-electron chi connectivity index (χ0n) is 11.6. The minimum absolute atomic E-state index is 0.176. The van der Waals surface area contributed by atoms with E-state index in [1.54, 1.807) is 6.20 Å². The number of pyridine rings is 1. The molecule has 2 heterocycles. The topological polar surface area (TPSA) is 68.5 Å². The highest BCUT2D eigenvalue weighted by atomic mass is 16.5. The van der Waals surface area contributed by atoms with Crippen LogP contribution in [-0.2, 0) is 9.53 Å². The van der Waals surface area contributed by atoms with Crippen molar-refractivity contribution in [2.75, 3.05) is 23.8 Å². The van der Waals surface area contributed by atoms with Crippen LogP contribution < -0.4 is 10.6 Å². The first-order valence-electron chi connectivity index (χ1n) is 6.79. The maximum atomic E-state index is 12.0. The summed E-state index contributed by atoms with van der Waals surface area (Å²) in [6.07, 6.45) is 4.61. The van der Waals surface area contributed by atoms with Crippen molar-refractivity contribution in [1.29, 1.82) is 0 Å². The van der Waals surface area contributed by atoms with Crippen LogP contribution >= 0.6 is 0 Å². The van der Waals surface area contributed by atoms with Crippen LogP contribution in [0, 0.1) is 6.92 Å². The van der Waals surface area contributed by atoms with E-state index in [-0.39, 0.29) is 12.0 Å². The maximum Gasteiger partial charge on any atom is 0.328 e. The van der Waals surface area contributed by atoms with Crippen molar-refractivity contribution in [2.45, 2.75) is 39.2 Å². The number of nitrogen functional groups attached to an aromatic ring is 1. The molecule has 1 aliphatic heterocycles. The lowest BCUT2D eigenvalue weighted by Crippen LogP contribution is -2.46. The molecule has 1 unspecified atom stereocenters. The van der Waals surface area contributed by atoms with Crippen molar-refractivity contribution in [3.05, 3.63) is 17.8 Å². The highest BCUT2D eigenvalue weighted by molar-refractivity contribution is 5.82. The van der Waals surface area contributed by atoms with E-state index in [1.165, 1.54) is 0 Å². The highest BCUT2D eigenvalue weighted by Gasteiger charge is 2.31. The van der Waals surface area contributed by atoms with Gasteiger partial charge in [0.1, 0.15) is 6.04 Å². The van der Waals surface area contributed by atoms with Crippen LogP contribution in [-0.4, -0.2) is 30.1 Å². The first-order chi connectivity index (χ1) is 9.15. The molecule has 0 aliphatic carbocycles. The van der Waals surface area contributed by atoms with Gasteiger partial charge in [-0.05, 0) is 44.7 Å². The molecule has 0 radical (unpaired) electrons. The number of aryl methyl sites for hydroxylation is 1. The van der Waals surface area contributed by atoms with Gasteiger partial charge in [-0.3, -0.25) is 0 Å². The zero-order valence-corrected chi connectivity index (χ0v) is 11.6. The number of carbonyl (C=O) groups is 1. The Hall–Kier alpha value is -1.78. The summed E-state index contributed by atoms with van der Waals surface area (Å²) in [5, 5.41) is 0. The Balaban J connectivity index is 2.29. The van der Waals surface area contributed by atoms with Gasteiger partial charge in [0, 0.05) is 12.7 Å². The smallest absolute Gasteiger partial charge is 0.328 e. The molecular weight excluding hydrogens is 242 g/mol. The van der Waals surface area contributed by atoms with Gasteiger partial charge in [0.15, 0.2) is 5.82 Å². The van der Waals surface area contributed by atoms with Crippen molar-refractivity contribution in [2.24, 2.45) is 0 Å². The van der Waals surface area contributed by atoms with Crippen LogP contribution in [0.1, 0.15) is 31.7 Å². The second-order valence-corrected chi connectivity index (χ2v) is 4.82. The second-order valence-electron chi connectivity index (χ2n) is 4.82. The van der Waals surface area contributed by atoms with Crippen LogP contribution in [0.25, 0.3) is 0 Å². The van der Waals surface area contributed by atoms with Crippen molar-refractivity contribution in [3.8, 4) is 0 Å². The van der Waals surface area contributed by atoms with Gasteiger partial charge >= 0.3 is 5.97 Å². The summed E-state index contributed by atoms with van der Waals surface area (Å²) in [6.45, 7) is 4.97. The van der Waals surface area contributed by atoms with Crippen molar-refractivity contribution in [3.63, 3.8) is 0 Å². The monoisotopic (exact) mass is 263 g/mol. The van der Waals surface area contributed by atoms with Crippen LogP contribution in [0.2, 0.25) is 0 Å². The first-order valence-corrected chi connectivity index (χ1v) is 6.79. The molecule has 19 heavy (non-hydrogen) atoms. The van der Waals surface area contributed by atoms with Crippen LogP contribution in [0.15, 0.2) is 12.3 Å². The summed E-state index contributed by atoms with van der Waals surface area (Å²) in [5.74, 6) is 0.530. The summed E-state index contributed by atoms with van der Waals surface area (Å²) >= 11 is 0. The van der Waals surface area contributed by atoms with Gasteiger partial charge in [-0.1, -0.05) is 0 Å². The molecule has 0 aromatic carbocycles. The molecule has 1 aliphatic rings. The summed E-state index contributed by atoms with van der Waals surface area (Å²) in [4.78, 5) is 18.4. The molecule has 2 rings (SSSR count). The van der Waals surface area contributed by atoms with Gasteiger partial charge in [0.05, 0.1) is 12.3 Å². The molecule has 0 bridgehead atoms. The Labute approximate surface area is 113 Å². The van der Waals surface area contributed by atoms with E-state index in [9.17, 15) is 4.79 Å². The Kier molecular flexibility index (Phi) is 4.24. The van der Waals surface area contributed by atoms with E-state index in [1.807, 2.05) is 24.8 Å². The third-order valence-corrected chi connectivity index (χ3v) is 3.52. The molecule has 5 heteroatoms. The lowest BCUT2D eigenvalue weighted by molar-refractivity contribution is -0.145. The fourth-order valence-corrected chi connectivity index (χ4v) is 2.45. The minimum Gasteiger partial charge on any atom is -0.464 e. The standard InChI is InChI=1S/C14H21N3O2/c1-3-19-14(18)11-6-4-5-9-17(11)13-12(15)10(2)7-8-16-13/h7-8,11H,3-6,9,15H2,1-2H3. The summed E-state index contributed by atoms with van der Waals surface area (Å²) in [6, 6.07) is 1.62. The van der Waals surface area contributed by atoms with Crippen molar-refractivity contribution < 1.29 is 9.53 Å². The molecule has 2 N–H and O–H groups in total. The first kappa shape index (κ1) is 13.6. The maximum absolute atomic E-state index is 12.0. The van der Waals surface area contributed by atoms with Gasteiger partial charge in [0.25, 0.3) is 0 Å². The minimum atomic E-state index is -0.259. The number of nitrogens with zero attached hydrogens (tertiary/aromatic N) is 2. The molecule has 0 spiro atoms. The molecule has 1 aromatic rings. The predicted octanol–water partition coefficient (Wildman–Crippen LogP) is 1.89. The third kappa shape index (κ3) is 2.80. The van der Waals surface area contributed by atoms with Gasteiger partial charge < -0.3 is 15.4 Å². The SMILES string of the molecule is CCOC(=O)C1CCCCN1c1nccc(C)c1N. The number of piperidine rings is 1. The van der Waals surface area contributed by atoms with E-state index >= 15 is 0 Å². The molecule has 0 saturated carbocycles. The Bertz CT molecular complexity index is 462. The van der Waals surface area contributed by atoms with Crippen LogP contribution in [0.4, 0.5) is 11.5 Å². The van der Waals surface area contributed by atoms with Crippen LogP contribution in [0.3, 0.4) is 0 Å². The number of esters is 1. The average Bonchev–Trinajstić information content (AvgIpc) is 2.42. The molecule has 1 atom stereocenters. The van der Waals surface area contributed by atoms with E-state index < -0.39 is 0 Å². The Morgan fingerprint density at radius 3 is 3.11 bits per heavy atom. The lowest BCUT2D eigenvalue weighted by Gasteiger charge is -2.35. The lowest BCUT2D eigenvalue weighted by atomic mass is 10.0. The van der Waals surface area contributed by atoms with Crippen molar-refractivity contribution >= 4 is 17.5 Å². The predicted molar refractivity (Wildman–Crippen MR) is 75.0 cm³/mol. The Morgan fingerprint density at radius 2 is 2.37 bits per heavy atom. The third-order valence-electron chi connectivity index (χ3n) is 3.52. The van der Waals surface area contributed by atoms with Gasteiger partial charge in [-0.2, -0.15) is 0 Å². The van der Waals surface area contributed by atoms with E-state index in [0.29, 0.717) is 18.1 Å². The van der Waals surface area contributed by atoms with Crippen LogP contribution in [0.5, 0.6) is 0 Å². The summed E-state index contributed by atoms with van der Waals surface area (Å²) in [5.41, 5.74) is 7.73. The van der Waals surface area contributed by atoms with E-state index in [4.69, 9.17) is 10.5 Å². The van der Waals surface area contributed by atoms with E-state index in [0.717, 1.165) is 31.4 Å². The second kappa shape index (κ2) is 5.91. The molecule has 1 saturated heterocycles. The number of hydrogen-bond acceptors (Lipinski definition) is 5. The molecule has 0 amide bonds. The average molecular weight is 263 g/mol. The summed E-state index contributed by atoms with van der Waals surface area (Å²) < 4.78 is 5.15. The number of aromatic nitrogens is 1. The zero-order chi connectivity index (χ0) is 13.8. The van der Waals surface area contributed by atoms with E-state index in [2.05, 4.69) is 4.98 Å². The van der Waals surface area contributed by atoms with Gasteiger partial charge in [-0.25, -0.2) is 9.78 Å². The highest BCUT2D eigenvalue weighted by Crippen LogP contribution is 2.29. The fraction of sp³-hybridized carbons (Fsp3) is 0.571. The summed E-state index contributed by atoms with van der Waals surface area (Å²) in [7, 11) is 0. The molecule has 1 fully saturated rings. The number of ether oxygens (including phenoxy) is 1.